The highest BCUT2D eigenvalue weighted by molar-refractivity contribution is 7.07. The molecule has 3 N–H and O–H groups in total. The standard InChI is InChI=1S/C12H17N3O4S/c16-10(17)9-4-2-1-3-5-15(9)11(18)13-6-8-7-20-12(19)14-8/h7,9H,1-6H2,(H,13,18)(H,14,19)(H,16,17). The van der Waals surface area contributed by atoms with Crippen LogP contribution >= 0.6 is 11.3 Å². The van der Waals surface area contributed by atoms with Gasteiger partial charge < -0.3 is 20.3 Å². The van der Waals surface area contributed by atoms with Gasteiger partial charge in [-0.25, -0.2) is 9.59 Å². The highest BCUT2D eigenvalue weighted by Crippen LogP contribution is 2.17. The third kappa shape index (κ3) is 3.60. The number of amides is 2. The van der Waals surface area contributed by atoms with E-state index in [0.29, 0.717) is 18.7 Å². The van der Waals surface area contributed by atoms with Gasteiger partial charge in [0.2, 0.25) is 0 Å². The van der Waals surface area contributed by atoms with Crippen LogP contribution < -0.4 is 10.2 Å². The van der Waals surface area contributed by atoms with Crippen LogP contribution in [-0.4, -0.2) is 39.6 Å². The zero-order valence-electron chi connectivity index (χ0n) is 10.9. The maximum atomic E-state index is 12.1. The lowest BCUT2D eigenvalue weighted by Gasteiger charge is -2.26. The van der Waals surface area contributed by atoms with Gasteiger partial charge in [0.05, 0.1) is 6.54 Å². The van der Waals surface area contributed by atoms with Crippen LogP contribution in [0.5, 0.6) is 0 Å². The van der Waals surface area contributed by atoms with Crippen molar-refractivity contribution in [3.8, 4) is 0 Å². The van der Waals surface area contributed by atoms with Crippen molar-refractivity contribution in [2.45, 2.75) is 38.3 Å². The van der Waals surface area contributed by atoms with Gasteiger partial charge in [-0.05, 0) is 12.8 Å². The van der Waals surface area contributed by atoms with Gasteiger partial charge in [0, 0.05) is 17.6 Å². The fourth-order valence-corrected chi connectivity index (χ4v) is 2.86. The molecule has 1 aliphatic rings. The molecular weight excluding hydrogens is 282 g/mol. The summed E-state index contributed by atoms with van der Waals surface area (Å²) in [6.07, 6.45) is 3.05. The molecule has 20 heavy (non-hydrogen) atoms. The quantitative estimate of drug-likeness (QED) is 0.774. The van der Waals surface area contributed by atoms with Gasteiger partial charge in [-0.3, -0.25) is 4.79 Å². The summed E-state index contributed by atoms with van der Waals surface area (Å²) in [4.78, 5) is 38.1. The number of carbonyl (C=O) groups excluding carboxylic acids is 1. The Morgan fingerprint density at radius 2 is 2.25 bits per heavy atom. The van der Waals surface area contributed by atoms with Gasteiger partial charge in [-0.2, -0.15) is 0 Å². The van der Waals surface area contributed by atoms with E-state index in [0.717, 1.165) is 30.6 Å². The Morgan fingerprint density at radius 3 is 2.90 bits per heavy atom. The lowest BCUT2D eigenvalue weighted by Crippen LogP contribution is -2.49. The number of carbonyl (C=O) groups is 2. The molecule has 0 bridgehead atoms. The van der Waals surface area contributed by atoms with Crippen LogP contribution in [0.15, 0.2) is 10.2 Å². The SMILES string of the molecule is O=C(O)C1CCCCCN1C(=O)NCc1csc(=O)[nH]1. The Balaban J connectivity index is 1.97. The Labute approximate surface area is 119 Å². The van der Waals surface area contributed by atoms with E-state index in [1.165, 1.54) is 4.90 Å². The number of nitrogens with zero attached hydrogens (tertiary/aromatic N) is 1. The van der Waals surface area contributed by atoms with Gasteiger partial charge in [0.25, 0.3) is 0 Å². The number of nitrogens with one attached hydrogen (secondary N) is 2. The summed E-state index contributed by atoms with van der Waals surface area (Å²) in [7, 11) is 0. The minimum Gasteiger partial charge on any atom is -0.480 e. The van der Waals surface area contributed by atoms with Crippen LogP contribution in [-0.2, 0) is 11.3 Å². The third-order valence-electron chi connectivity index (χ3n) is 3.30. The predicted octanol–water partition coefficient (Wildman–Crippen LogP) is 0.975. The minimum absolute atomic E-state index is 0.174. The van der Waals surface area contributed by atoms with Gasteiger partial charge in [0.1, 0.15) is 6.04 Å². The molecule has 1 atom stereocenters. The fraction of sp³-hybridized carbons (Fsp3) is 0.583. The van der Waals surface area contributed by atoms with E-state index >= 15 is 0 Å². The molecule has 7 nitrogen and oxygen atoms in total. The first kappa shape index (κ1) is 14.6. The van der Waals surface area contributed by atoms with Gasteiger partial charge in [-0.1, -0.05) is 24.2 Å². The van der Waals surface area contributed by atoms with Crippen LogP contribution in [0.4, 0.5) is 4.79 Å². The summed E-state index contributed by atoms with van der Waals surface area (Å²) in [5, 5.41) is 13.5. The maximum absolute atomic E-state index is 12.1. The van der Waals surface area contributed by atoms with Crippen LogP contribution in [0.3, 0.4) is 0 Å². The van der Waals surface area contributed by atoms with Crippen molar-refractivity contribution < 1.29 is 14.7 Å². The lowest BCUT2D eigenvalue weighted by molar-refractivity contribution is -0.142. The summed E-state index contributed by atoms with van der Waals surface area (Å²) in [5.74, 6) is -0.967. The molecule has 2 amide bonds. The zero-order chi connectivity index (χ0) is 14.5. The normalized spacial score (nSPS) is 19.4. The van der Waals surface area contributed by atoms with Gasteiger partial charge in [0.15, 0.2) is 0 Å². The molecule has 1 aromatic heterocycles. The number of urea groups is 1. The predicted molar refractivity (Wildman–Crippen MR) is 73.8 cm³/mol. The highest BCUT2D eigenvalue weighted by atomic mass is 32.1. The summed E-state index contributed by atoms with van der Waals surface area (Å²) >= 11 is 1.03. The molecule has 1 saturated heterocycles. The number of H-pyrrole nitrogens is 1. The van der Waals surface area contributed by atoms with Crippen molar-refractivity contribution in [2.24, 2.45) is 0 Å². The number of carboxylic acid groups (broad SMARTS) is 1. The molecule has 0 aromatic carbocycles. The van der Waals surface area contributed by atoms with Crippen molar-refractivity contribution in [1.82, 2.24) is 15.2 Å². The molecule has 1 unspecified atom stereocenters. The molecule has 2 rings (SSSR count). The Bertz CT molecular complexity index is 539. The van der Waals surface area contributed by atoms with Crippen LogP contribution in [0.25, 0.3) is 0 Å². The topological polar surface area (TPSA) is 102 Å². The molecule has 8 heteroatoms. The average molecular weight is 299 g/mol. The number of hydrogen-bond acceptors (Lipinski definition) is 4. The smallest absolute Gasteiger partial charge is 0.326 e. The van der Waals surface area contributed by atoms with E-state index in [-0.39, 0.29) is 11.4 Å². The molecule has 0 radical (unpaired) electrons. The van der Waals surface area contributed by atoms with Crippen LogP contribution in [0.1, 0.15) is 31.4 Å². The van der Waals surface area contributed by atoms with Crippen molar-refractivity contribution in [3.63, 3.8) is 0 Å². The number of aliphatic carboxylic acids is 1. The zero-order valence-corrected chi connectivity index (χ0v) is 11.7. The number of rotatable bonds is 3. The van der Waals surface area contributed by atoms with Crippen LogP contribution in [0.2, 0.25) is 0 Å². The fourth-order valence-electron chi connectivity index (χ4n) is 2.28. The largest absolute Gasteiger partial charge is 0.480 e. The summed E-state index contributed by atoms with van der Waals surface area (Å²) in [5.41, 5.74) is 0.620. The number of aromatic nitrogens is 1. The number of carboxylic acids is 1. The van der Waals surface area contributed by atoms with E-state index < -0.39 is 18.0 Å². The van der Waals surface area contributed by atoms with E-state index in [4.69, 9.17) is 0 Å². The Kier molecular flexibility index (Phi) is 4.78. The molecule has 1 aliphatic heterocycles. The van der Waals surface area contributed by atoms with Crippen molar-refractivity contribution in [3.05, 3.63) is 20.7 Å². The summed E-state index contributed by atoms with van der Waals surface area (Å²) < 4.78 is 0. The molecule has 110 valence electrons. The monoisotopic (exact) mass is 299 g/mol. The second-order valence-corrected chi connectivity index (χ2v) is 5.57. The molecular formula is C12H17N3O4S. The third-order valence-corrected chi connectivity index (χ3v) is 4.02. The van der Waals surface area contributed by atoms with E-state index in [9.17, 15) is 19.5 Å². The van der Waals surface area contributed by atoms with Gasteiger partial charge >= 0.3 is 16.9 Å². The second-order valence-electron chi connectivity index (χ2n) is 4.73. The van der Waals surface area contributed by atoms with E-state index in [2.05, 4.69) is 10.3 Å². The van der Waals surface area contributed by atoms with Crippen LogP contribution in [0, 0.1) is 0 Å². The first-order valence-electron chi connectivity index (χ1n) is 6.52. The molecule has 0 spiro atoms. The molecule has 1 fully saturated rings. The van der Waals surface area contributed by atoms with E-state index in [1.54, 1.807) is 5.38 Å². The summed E-state index contributed by atoms with van der Waals surface area (Å²) in [6, 6.07) is -1.16. The summed E-state index contributed by atoms with van der Waals surface area (Å²) in [6.45, 7) is 0.642. The van der Waals surface area contributed by atoms with E-state index in [1.807, 2.05) is 0 Å². The Hall–Kier alpha value is -1.83. The molecule has 1 aromatic rings. The first-order valence-corrected chi connectivity index (χ1v) is 7.40. The number of aromatic amines is 1. The number of hydrogen-bond donors (Lipinski definition) is 3. The Morgan fingerprint density at radius 1 is 1.45 bits per heavy atom. The minimum atomic E-state index is -0.967. The van der Waals surface area contributed by atoms with Gasteiger partial charge in [-0.15, -0.1) is 0 Å². The average Bonchev–Trinajstić information content (AvgIpc) is 2.68. The molecule has 0 aliphatic carbocycles. The van der Waals surface area contributed by atoms with Crippen molar-refractivity contribution in [1.29, 1.82) is 0 Å². The maximum Gasteiger partial charge on any atom is 0.326 e. The number of likely N-dealkylation sites (tertiary alicyclic amines) is 1. The molecule has 0 saturated carbocycles. The molecule has 2 heterocycles. The number of thiazole rings is 1. The first-order chi connectivity index (χ1) is 9.58. The second kappa shape index (κ2) is 6.56. The van der Waals surface area contributed by atoms with Crippen molar-refractivity contribution in [2.75, 3.05) is 6.54 Å². The van der Waals surface area contributed by atoms with Crippen molar-refractivity contribution >= 4 is 23.3 Å². The lowest BCUT2D eigenvalue weighted by atomic mass is 10.1. The highest BCUT2D eigenvalue weighted by Gasteiger charge is 2.30.